The quantitative estimate of drug-likeness (QED) is 0.672. The van der Waals surface area contributed by atoms with Gasteiger partial charge in [-0.1, -0.05) is 27.7 Å². The predicted octanol–water partition coefficient (Wildman–Crippen LogP) is 1.73. The van der Waals surface area contributed by atoms with Crippen molar-refractivity contribution >= 4 is 7.12 Å². The Bertz CT molecular complexity index is 362. The molecule has 116 valence electrons. The second-order valence-electron chi connectivity index (χ2n) is 8.06. The first kappa shape index (κ1) is 16.3. The normalized spacial score (nSPS) is 40.4. The lowest BCUT2D eigenvalue weighted by molar-refractivity contribution is -0.305. The van der Waals surface area contributed by atoms with Crippen LogP contribution in [0.5, 0.6) is 0 Å². The Morgan fingerprint density at radius 3 is 2.40 bits per heavy atom. The van der Waals surface area contributed by atoms with E-state index in [-0.39, 0.29) is 5.41 Å². The summed E-state index contributed by atoms with van der Waals surface area (Å²) >= 11 is 0. The average Bonchev–Trinajstić information content (AvgIpc) is 2.29. The van der Waals surface area contributed by atoms with Crippen molar-refractivity contribution in [2.24, 2.45) is 23.0 Å². The maximum atomic E-state index is 10.8. The molecule has 3 aliphatic rings. The minimum atomic E-state index is -1.01. The maximum absolute atomic E-state index is 10.8. The summed E-state index contributed by atoms with van der Waals surface area (Å²) in [7, 11) is -1.01. The van der Waals surface area contributed by atoms with Gasteiger partial charge in [0.05, 0.1) is 11.2 Å². The van der Waals surface area contributed by atoms with Crippen LogP contribution in [0.4, 0.5) is 0 Å². The Labute approximate surface area is 123 Å². The van der Waals surface area contributed by atoms with Gasteiger partial charge in [-0.2, -0.15) is 0 Å². The van der Waals surface area contributed by atoms with Gasteiger partial charge in [-0.15, -0.1) is 0 Å². The Kier molecular flexibility index (Phi) is 4.05. The Morgan fingerprint density at radius 1 is 1.35 bits per heavy atom. The van der Waals surface area contributed by atoms with Gasteiger partial charge in [-0.3, -0.25) is 0 Å². The molecule has 4 nitrogen and oxygen atoms in total. The van der Waals surface area contributed by atoms with E-state index in [1.807, 2.05) is 6.92 Å². The molecule has 0 aromatic rings. The third-order valence-electron chi connectivity index (χ3n) is 5.88. The number of rotatable bonds is 5. The van der Waals surface area contributed by atoms with Gasteiger partial charge in [-0.25, -0.2) is 0 Å². The smallest absolute Gasteiger partial charge is 0.426 e. The SMILES string of the molecule is CC(C)CC(N)B(O)O[C@]12CC(CCC1(C)O)C2(C)C. The van der Waals surface area contributed by atoms with Gasteiger partial charge in [0, 0.05) is 5.94 Å². The third kappa shape index (κ3) is 2.23. The fraction of sp³-hybridized carbons (Fsp3) is 1.00. The summed E-state index contributed by atoms with van der Waals surface area (Å²) in [5.74, 6) is 0.572. The zero-order chi connectivity index (χ0) is 15.3. The van der Waals surface area contributed by atoms with Crippen LogP contribution in [0.2, 0.25) is 0 Å². The third-order valence-corrected chi connectivity index (χ3v) is 5.88. The van der Waals surface area contributed by atoms with E-state index in [4.69, 9.17) is 10.4 Å². The lowest BCUT2D eigenvalue weighted by atomic mass is 9.40. The first-order chi connectivity index (χ1) is 9.03. The van der Waals surface area contributed by atoms with Crippen LogP contribution in [0.25, 0.3) is 0 Å². The van der Waals surface area contributed by atoms with Gasteiger partial charge in [0.15, 0.2) is 0 Å². The number of fused-ring (bicyclic) bond motifs is 2. The summed E-state index contributed by atoms with van der Waals surface area (Å²) in [5.41, 5.74) is 4.35. The molecule has 0 radical (unpaired) electrons. The van der Waals surface area contributed by atoms with Crippen molar-refractivity contribution in [2.75, 3.05) is 0 Å². The summed E-state index contributed by atoms with van der Waals surface area (Å²) in [4.78, 5) is 0. The highest BCUT2D eigenvalue weighted by Crippen LogP contribution is 2.67. The van der Waals surface area contributed by atoms with Gasteiger partial charge < -0.3 is 20.5 Å². The molecule has 5 heteroatoms. The summed E-state index contributed by atoms with van der Waals surface area (Å²) in [5, 5.41) is 21.1. The highest BCUT2D eigenvalue weighted by molar-refractivity contribution is 6.45. The second kappa shape index (κ2) is 4.97. The van der Waals surface area contributed by atoms with E-state index in [0.29, 0.717) is 18.3 Å². The number of nitrogens with two attached hydrogens (primary N) is 1. The molecule has 0 saturated heterocycles. The fourth-order valence-electron chi connectivity index (χ4n) is 4.38. The zero-order valence-electron chi connectivity index (χ0n) is 13.5. The fourth-order valence-corrected chi connectivity index (χ4v) is 4.38. The van der Waals surface area contributed by atoms with Crippen molar-refractivity contribution in [1.82, 2.24) is 0 Å². The van der Waals surface area contributed by atoms with Crippen LogP contribution in [0.3, 0.4) is 0 Å². The van der Waals surface area contributed by atoms with Crippen molar-refractivity contribution in [1.29, 1.82) is 0 Å². The largest absolute Gasteiger partial charge is 0.472 e. The lowest BCUT2D eigenvalue weighted by Gasteiger charge is -2.71. The molecule has 3 saturated carbocycles. The standard InChI is InChI=1S/C15H30BNO3/c1-10(2)8-12(17)16(19)20-15-9-11(13(15,3)4)6-7-14(15,5)18/h10-12,18-19H,6-9,17H2,1-5H3/t11?,12?,14?,15-/m0/s1. The van der Waals surface area contributed by atoms with E-state index in [1.54, 1.807) is 0 Å². The predicted molar refractivity (Wildman–Crippen MR) is 81.0 cm³/mol. The van der Waals surface area contributed by atoms with Crippen LogP contribution in [0.15, 0.2) is 0 Å². The van der Waals surface area contributed by atoms with E-state index in [2.05, 4.69) is 27.7 Å². The van der Waals surface area contributed by atoms with Gasteiger partial charge in [0.1, 0.15) is 0 Å². The van der Waals surface area contributed by atoms with Gasteiger partial charge >= 0.3 is 7.12 Å². The summed E-state index contributed by atoms with van der Waals surface area (Å²) in [6.45, 7) is 10.3. The topological polar surface area (TPSA) is 75.7 Å². The van der Waals surface area contributed by atoms with Crippen LogP contribution in [-0.2, 0) is 4.65 Å². The molecule has 20 heavy (non-hydrogen) atoms. The molecule has 0 heterocycles. The van der Waals surface area contributed by atoms with Crippen LogP contribution < -0.4 is 5.73 Å². The van der Waals surface area contributed by atoms with Gasteiger partial charge in [0.25, 0.3) is 0 Å². The molecule has 0 spiro atoms. The van der Waals surface area contributed by atoms with Crippen molar-refractivity contribution in [2.45, 2.75) is 77.4 Å². The van der Waals surface area contributed by atoms with Crippen LogP contribution in [0, 0.1) is 17.3 Å². The van der Waals surface area contributed by atoms with E-state index >= 15 is 0 Å². The first-order valence-corrected chi connectivity index (χ1v) is 7.87. The molecule has 0 aromatic carbocycles. The molecule has 3 rings (SSSR count). The lowest BCUT2D eigenvalue weighted by Crippen LogP contribution is -2.77. The Balaban J connectivity index is 2.13. The number of hydrogen-bond donors (Lipinski definition) is 3. The highest BCUT2D eigenvalue weighted by atomic mass is 16.6. The molecule has 4 atom stereocenters. The van der Waals surface area contributed by atoms with Crippen molar-refractivity contribution in [3.05, 3.63) is 0 Å². The molecule has 4 N–H and O–H groups in total. The molecule has 2 bridgehead atoms. The maximum Gasteiger partial charge on any atom is 0.472 e. The van der Waals surface area contributed by atoms with Crippen LogP contribution in [0.1, 0.15) is 60.3 Å². The molecule has 3 unspecified atom stereocenters. The number of hydrogen-bond acceptors (Lipinski definition) is 4. The molecule has 0 aliphatic heterocycles. The summed E-state index contributed by atoms with van der Waals surface area (Å²) in [6.07, 6.45) is 3.29. The van der Waals surface area contributed by atoms with Gasteiger partial charge in [0.2, 0.25) is 0 Å². The van der Waals surface area contributed by atoms with Crippen molar-refractivity contribution < 1.29 is 14.8 Å². The molecular formula is C15H30BNO3. The molecular weight excluding hydrogens is 253 g/mol. The first-order valence-electron chi connectivity index (χ1n) is 7.87. The molecule has 3 aliphatic carbocycles. The monoisotopic (exact) mass is 283 g/mol. The zero-order valence-corrected chi connectivity index (χ0v) is 13.5. The van der Waals surface area contributed by atoms with E-state index in [0.717, 1.165) is 19.3 Å². The summed E-state index contributed by atoms with van der Waals surface area (Å²) in [6, 6.07) is 0. The van der Waals surface area contributed by atoms with E-state index in [1.165, 1.54) is 0 Å². The van der Waals surface area contributed by atoms with Crippen molar-refractivity contribution in [3.8, 4) is 0 Å². The van der Waals surface area contributed by atoms with E-state index < -0.39 is 24.3 Å². The Hall–Kier alpha value is -0.0951. The molecule has 3 fully saturated rings. The van der Waals surface area contributed by atoms with Crippen molar-refractivity contribution in [3.63, 3.8) is 0 Å². The number of aliphatic hydroxyl groups is 1. The van der Waals surface area contributed by atoms with E-state index in [9.17, 15) is 10.1 Å². The van der Waals surface area contributed by atoms with Crippen LogP contribution >= 0.6 is 0 Å². The average molecular weight is 283 g/mol. The second-order valence-corrected chi connectivity index (χ2v) is 8.06. The highest BCUT2D eigenvalue weighted by Gasteiger charge is 2.71. The Morgan fingerprint density at radius 2 is 1.95 bits per heavy atom. The summed E-state index contributed by atoms with van der Waals surface area (Å²) < 4.78 is 6.02. The van der Waals surface area contributed by atoms with Gasteiger partial charge in [-0.05, 0) is 49.9 Å². The minimum Gasteiger partial charge on any atom is -0.426 e. The molecule has 0 aromatic heterocycles. The molecule has 0 amide bonds. The minimum absolute atomic E-state index is 0.118. The van der Waals surface area contributed by atoms with Crippen LogP contribution in [-0.4, -0.2) is 34.4 Å².